The second-order valence-electron chi connectivity index (χ2n) is 5.73. The smallest absolute Gasteiger partial charge is 0.123 e. The number of halogens is 1. The largest absolute Gasteiger partial charge is 0.384 e. The maximum absolute atomic E-state index is 7.47. The van der Waals surface area contributed by atoms with Crippen LogP contribution in [0.15, 0.2) is 22.7 Å². The van der Waals surface area contributed by atoms with Gasteiger partial charge in [-0.3, -0.25) is 5.41 Å². The lowest BCUT2D eigenvalue weighted by Gasteiger charge is -2.37. The molecule has 1 atom stereocenters. The topological polar surface area (TPSA) is 53.1 Å². The quantitative estimate of drug-likeness (QED) is 0.662. The van der Waals surface area contributed by atoms with Gasteiger partial charge in [-0.15, -0.1) is 0 Å². The van der Waals surface area contributed by atoms with Gasteiger partial charge in [0, 0.05) is 28.8 Å². The second-order valence-corrected chi connectivity index (χ2v) is 6.59. The Balaban J connectivity index is 3.05. The Morgan fingerprint density at radius 3 is 2.33 bits per heavy atom. The van der Waals surface area contributed by atoms with Crippen LogP contribution in [0, 0.1) is 10.8 Å². The molecule has 1 rings (SSSR count). The molecule has 0 aliphatic heterocycles. The number of benzene rings is 1. The highest BCUT2D eigenvalue weighted by Crippen LogP contribution is 2.29. The van der Waals surface area contributed by atoms with Crippen LogP contribution in [0.1, 0.15) is 33.3 Å². The molecule has 4 heteroatoms. The van der Waals surface area contributed by atoms with Crippen molar-refractivity contribution in [3.8, 4) is 0 Å². The summed E-state index contributed by atoms with van der Waals surface area (Å²) in [5, 5.41) is 7.47. The number of amidine groups is 1. The molecule has 0 radical (unpaired) electrons. The highest BCUT2D eigenvalue weighted by molar-refractivity contribution is 9.10. The van der Waals surface area contributed by atoms with Crippen molar-refractivity contribution in [2.24, 2.45) is 11.1 Å². The molecule has 1 aromatic carbocycles. The van der Waals surface area contributed by atoms with Crippen molar-refractivity contribution >= 4 is 27.5 Å². The lowest BCUT2D eigenvalue weighted by Crippen LogP contribution is -2.39. The molecule has 100 valence electrons. The van der Waals surface area contributed by atoms with Crippen molar-refractivity contribution in [1.82, 2.24) is 0 Å². The van der Waals surface area contributed by atoms with Gasteiger partial charge in [-0.05, 0) is 46.5 Å². The number of hydrogen-bond acceptors (Lipinski definition) is 2. The van der Waals surface area contributed by atoms with Gasteiger partial charge < -0.3 is 10.6 Å². The minimum absolute atomic E-state index is 0.0833. The predicted molar refractivity (Wildman–Crippen MR) is 82.5 cm³/mol. The van der Waals surface area contributed by atoms with Crippen molar-refractivity contribution in [2.75, 3.05) is 11.9 Å². The van der Waals surface area contributed by atoms with Crippen LogP contribution in [0.4, 0.5) is 5.69 Å². The summed E-state index contributed by atoms with van der Waals surface area (Å²) < 4.78 is 0.862. The number of hydrogen-bond donors (Lipinski definition) is 2. The van der Waals surface area contributed by atoms with Gasteiger partial charge in [0.1, 0.15) is 5.84 Å². The van der Waals surface area contributed by atoms with E-state index in [2.05, 4.69) is 55.6 Å². The van der Waals surface area contributed by atoms with Crippen LogP contribution in [0.3, 0.4) is 0 Å². The average Bonchev–Trinajstić information content (AvgIpc) is 2.25. The Labute approximate surface area is 118 Å². The number of nitrogen functional groups attached to an aromatic ring is 1. The van der Waals surface area contributed by atoms with Crippen molar-refractivity contribution in [1.29, 1.82) is 5.41 Å². The molecule has 0 amide bonds. The van der Waals surface area contributed by atoms with E-state index in [0.717, 1.165) is 15.7 Å². The molecular weight excluding hydrogens is 290 g/mol. The fraction of sp³-hybridized carbons (Fsp3) is 0.500. The minimum Gasteiger partial charge on any atom is -0.384 e. The van der Waals surface area contributed by atoms with Gasteiger partial charge in [-0.2, -0.15) is 0 Å². The molecule has 0 heterocycles. The molecule has 0 fully saturated rings. The van der Waals surface area contributed by atoms with E-state index in [-0.39, 0.29) is 11.3 Å². The van der Waals surface area contributed by atoms with E-state index in [0.29, 0.717) is 6.04 Å². The average molecular weight is 312 g/mol. The maximum atomic E-state index is 7.47. The Kier molecular flexibility index (Phi) is 4.43. The van der Waals surface area contributed by atoms with Crippen LogP contribution in [0.25, 0.3) is 0 Å². The first kappa shape index (κ1) is 15.0. The van der Waals surface area contributed by atoms with Crippen LogP contribution in [-0.2, 0) is 0 Å². The van der Waals surface area contributed by atoms with Gasteiger partial charge in [0.05, 0.1) is 0 Å². The first-order valence-corrected chi connectivity index (χ1v) is 6.80. The third-order valence-electron chi connectivity index (χ3n) is 3.48. The molecular formula is C14H22BrN3. The van der Waals surface area contributed by atoms with Gasteiger partial charge >= 0.3 is 0 Å². The van der Waals surface area contributed by atoms with E-state index in [9.17, 15) is 0 Å². The molecule has 1 aromatic rings. The second kappa shape index (κ2) is 5.31. The Morgan fingerprint density at radius 1 is 1.39 bits per heavy atom. The summed E-state index contributed by atoms with van der Waals surface area (Å²) in [4.78, 5) is 2.24. The zero-order valence-electron chi connectivity index (χ0n) is 11.7. The summed E-state index contributed by atoms with van der Waals surface area (Å²) >= 11 is 3.47. The van der Waals surface area contributed by atoms with E-state index in [4.69, 9.17) is 11.1 Å². The van der Waals surface area contributed by atoms with Gasteiger partial charge in [-0.25, -0.2) is 0 Å². The number of nitrogens with one attached hydrogen (secondary N) is 1. The molecule has 1 unspecified atom stereocenters. The number of anilines is 1. The molecule has 0 aromatic heterocycles. The zero-order valence-corrected chi connectivity index (χ0v) is 13.3. The Morgan fingerprint density at radius 2 is 1.94 bits per heavy atom. The molecule has 0 spiro atoms. The zero-order chi connectivity index (χ0) is 14.1. The molecule has 0 aliphatic carbocycles. The lowest BCUT2D eigenvalue weighted by atomic mass is 9.87. The van der Waals surface area contributed by atoms with Crippen LogP contribution < -0.4 is 10.6 Å². The fourth-order valence-electron chi connectivity index (χ4n) is 1.75. The van der Waals surface area contributed by atoms with E-state index in [1.54, 1.807) is 0 Å². The number of nitrogens with zero attached hydrogens (tertiary/aromatic N) is 1. The first-order valence-electron chi connectivity index (χ1n) is 6.01. The maximum Gasteiger partial charge on any atom is 0.123 e. The molecule has 3 N–H and O–H groups in total. The third-order valence-corrected chi connectivity index (χ3v) is 4.14. The fourth-order valence-corrected chi connectivity index (χ4v) is 2.33. The Hall–Kier alpha value is -1.03. The molecule has 0 bridgehead atoms. The van der Waals surface area contributed by atoms with Crippen LogP contribution in [-0.4, -0.2) is 18.9 Å². The summed E-state index contributed by atoms with van der Waals surface area (Å²) in [7, 11) is 2.09. The van der Waals surface area contributed by atoms with E-state index < -0.39 is 0 Å². The summed E-state index contributed by atoms with van der Waals surface area (Å²) in [6.07, 6.45) is 0. The number of nitrogens with two attached hydrogens (primary N) is 1. The molecule has 0 saturated carbocycles. The third kappa shape index (κ3) is 3.25. The van der Waals surface area contributed by atoms with Crippen molar-refractivity contribution in [2.45, 2.75) is 33.7 Å². The SMILES string of the molecule is CC(N(C)c1ccc(C(=N)N)c(Br)c1)C(C)(C)C. The summed E-state index contributed by atoms with van der Waals surface area (Å²) in [5.41, 5.74) is 7.57. The minimum atomic E-state index is 0.0833. The number of rotatable bonds is 3. The standard InChI is InChI=1S/C14H22BrN3/c1-9(14(2,3)4)18(5)10-6-7-11(13(16)17)12(15)8-10/h6-9H,1-5H3,(H3,16,17). The predicted octanol–water partition coefficient (Wildman–Crippen LogP) is 3.60. The summed E-state index contributed by atoms with van der Waals surface area (Å²) in [5.74, 6) is 0.0833. The monoisotopic (exact) mass is 311 g/mol. The molecule has 18 heavy (non-hydrogen) atoms. The van der Waals surface area contributed by atoms with Crippen LogP contribution in [0.5, 0.6) is 0 Å². The first-order chi connectivity index (χ1) is 8.14. The van der Waals surface area contributed by atoms with Crippen LogP contribution >= 0.6 is 15.9 Å². The molecule has 0 aliphatic rings. The van der Waals surface area contributed by atoms with Gasteiger partial charge in [-0.1, -0.05) is 20.8 Å². The Bertz CT molecular complexity index is 449. The van der Waals surface area contributed by atoms with Crippen molar-refractivity contribution in [3.63, 3.8) is 0 Å². The van der Waals surface area contributed by atoms with E-state index in [1.165, 1.54) is 0 Å². The summed E-state index contributed by atoms with van der Waals surface area (Å²) in [6, 6.07) is 6.31. The normalized spacial score (nSPS) is 13.2. The lowest BCUT2D eigenvalue weighted by molar-refractivity contribution is 0.330. The highest BCUT2D eigenvalue weighted by atomic mass is 79.9. The van der Waals surface area contributed by atoms with Gasteiger partial charge in [0.15, 0.2) is 0 Å². The van der Waals surface area contributed by atoms with Crippen LogP contribution in [0.2, 0.25) is 0 Å². The molecule has 0 saturated heterocycles. The molecule has 3 nitrogen and oxygen atoms in total. The summed E-state index contributed by atoms with van der Waals surface area (Å²) in [6.45, 7) is 8.90. The van der Waals surface area contributed by atoms with Gasteiger partial charge in [0.25, 0.3) is 0 Å². The van der Waals surface area contributed by atoms with Crippen molar-refractivity contribution in [3.05, 3.63) is 28.2 Å². The van der Waals surface area contributed by atoms with Crippen molar-refractivity contribution < 1.29 is 0 Å². The van der Waals surface area contributed by atoms with E-state index >= 15 is 0 Å². The van der Waals surface area contributed by atoms with E-state index in [1.807, 2.05) is 18.2 Å². The highest BCUT2D eigenvalue weighted by Gasteiger charge is 2.24. The van der Waals surface area contributed by atoms with Gasteiger partial charge in [0.2, 0.25) is 0 Å².